The summed E-state index contributed by atoms with van der Waals surface area (Å²) in [6.07, 6.45) is 1.08. The van der Waals surface area contributed by atoms with E-state index in [1.165, 1.54) is 11.8 Å². The number of hydrogen-bond acceptors (Lipinski definition) is 7. The highest BCUT2D eigenvalue weighted by molar-refractivity contribution is 7.98. The van der Waals surface area contributed by atoms with E-state index in [0.717, 1.165) is 11.3 Å². The smallest absolute Gasteiger partial charge is 0.257 e. The number of nitrogens with one attached hydrogen (secondary N) is 2. The van der Waals surface area contributed by atoms with Gasteiger partial charge in [0, 0.05) is 29.0 Å². The van der Waals surface area contributed by atoms with Gasteiger partial charge in [0.05, 0.1) is 25.7 Å². The van der Waals surface area contributed by atoms with Crippen LogP contribution >= 0.6 is 11.8 Å². The van der Waals surface area contributed by atoms with E-state index in [-0.39, 0.29) is 16.8 Å². The van der Waals surface area contributed by atoms with Gasteiger partial charge in [-0.3, -0.25) is 9.59 Å². The molecule has 186 valence electrons. The van der Waals surface area contributed by atoms with Crippen molar-refractivity contribution in [3.8, 4) is 11.5 Å². The lowest BCUT2D eigenvalue weighted by Gasteiger charge is -2.38. The zero-order valence-electron chi connectivity index (χ0n) is 20.8. The predicted molar refractivity (Wildman–Crippen MR) is 141 cm³/mol. The van der Waals surface area contributed by atoms with Crippen LogP contribution in [0.2, 0.25) is 0 Å². The number of aromatic amines is 1. The van der Waals surface area contributed by atoms with Crippen molar-refractivity contribution in [2.75, 3.05) is 19.5 Å². The van der Waals surface area contributed by atoms with Gasteiger partial charge in [0.1, 0.15) is 17.3 Å². The molecule has 8 heteroatoms. The third kappa shape index (κ3) is 4.53. The molecule has 1 atom stereocenters. The number of methoxy groups -OCH3 is 2. The topological polar surface area (TPSA) is 93.3 Å². The lowest BCUT2D eigenvalue weighted by molar-refractivity contribution is -0.118. The molecule has 1 aliphatic carbocycles. The van der Waals surface area contributed by atoms with Crippen molar-refractivity contribution in [3.05, 3.63) is 86.8 Å². The van der Waals surface area contributed by atoms with Crippen molar-refractivity contribution in [1.29, 1.82) is 0 Å². The third-order valence-corrected chi connectivity index (χ3v) is 7.61. The molecule has 1 aromatic heterocycles. The van der Waals surface area contributed by atoms with Gasteiger partial charge < -0.3 is 19.8 Å². The van der Waals surface area contributed by atoms with Crippen LogP contribution in [0.4, 0.5) is 5.82 Å². The number of Topliss-reactive ketones (excluding diaryl/α,β-unsaturated/α-hetero) is 1. The quantitative estimate of drug-likeness (QED) is 0.349. The summed E-state index contributed by atoms with van der Waals surface area (Å²) in [4.78, 5) is 34.9. The number of thioether (sulfide) groups is 1. The Morgan fingerprint density at radius 2 is 1.83 bits per heavy atom. The molecule has 0 amide bonds. The first-order valence-corrected chi connectivity index (χ1v) is 12.8. The van der Waals surface area contributed by atoms with E-state index in [9.17, 15) is 9.59 Å². The molecule has 1 aliphatic heterocycles. The number of hydrogen-bond donors (Lipinski definition) is 2. The molecule has 5 rings (SSSR count). The number of aromatic nitrogens is 2. The van der Waals surface area contributed by atoms with E-state index in [2.05, 4.69) is 24.1 Å². The minimum absolute atomic E-state index is 0.0243. The van der Waals surface area contributed by atoms with Crippen LogP contribution in [0.1, 0.15) is 49.3 Å². The summed E-state index contributed by atoms with van der Waals surface area (Å²) in [6.45, 7) is 4.17. The number of fused-ring (bicyclic) bond motifs is 1. The first-order chi connectivity index (χ1) is 17.3. The molecule has 0 saturated heterocycles. The lowest BCUT2D eigenvalue weighted by atomic mass is 9.69. The van der Waals surface area contributed by atoms with Crippen LogP contribution < -0.4 is 20.3 Å². The number of ether oxygens (including phenoxy) is 2. The molecule has 0 unspecified atom stereocenters. The first-order valence-electron chi connectivity index (χ1n) is 11.9. The SMILES string of the molecule is COc1ccc(OC)c([C@@H]2C3=C(CC(C)(C)CC3=O)Nc3nc(SCc4ccccc4)[nH]c(=O)c32)c1. The highest BCUT2D eigenvalue weighted by atomic mass is 32.2. The molecule has 2 N–H and O–H groups in total. The predicted octanol–water partition coefficient (Wildman–Crippen LogP) is 5.28. The summed E-state index contributed by atoms with van der Waals surface area (Å²) in [5.74, 6) is 1.77. The summed E-state index contributed by atoms with van der Waals surface area (Å²) in [5.41, 5.74) is 3.20. The van der Waals surface area contributed by atoms with Gasteiger partial charge in [-0.15, -0.1) is 0 Å². The van der Waals surface area contributed by atoms with Crippen LogP contribution in [0.15, 0.2) is 69.8 Å². The molecule has 0 bridgehead atoms. The monoisotopic (exact) mass is 503 g/mol. The maximum atomic E-state index is 13.6. The van der Waals surface area contributed by atoms with Crippen LogP contribution in [-0.4, -0.2) is 30.0 Å². The fourth-order valence-corrected chi connectivity index (χ4v) is 5.88. The zero-order valence-corrected chi connectivity index (χ0v) is 21.6. The first kappa shape index (κ1) is 24.2. The maximum Gasteiger partial charge on any atom is 0.257 e. The van der Waals surface area contributed by atoms with Crippen LogP contribution in [0.3, 0.4) is 0 Å². The van der Waals surface area contributed by atoms with Gasteiger partial charge in [0.25, 0.3) is 5.56 Å². The lowest BCUT2D eigenvalue weighted by Crippen LogP contribution is -2.37. The number of rotatable bonds is 6. The minimum Gasteiger partial charge on any atom is -0.497 e. The highest BCUT2D eigenvalue weighted by Crippen LogP contribution is 2.49. The molecule has 0 radical (unpaired) electrons. The van der Waals surface area contributed by atoms with Gasteiger partial charge in [-0.2, -0.15) is 0 Å². The molecule has 0 saturated carbocycles. The number of ketones is 1. The molecule has 2 aromatic carbocycles. The second kappa shape index (κ2) is 9.50. The van der Waals surface area contributed by atoms with E-state index in [1.54, 1.807) is 26.4 Å². The molecule has 0 spiro atoms. The summed E-state index contributed by atoms with van der Waals surface area (Å²) in [6, 6.07) is 15.5. The summed E-state index contributed by atoms with van der Waals surface area (Å²) < 4.78 is 11.1. The van der Waals surface area contributed by atoms with Crippen LogP contribution in [0.25, 0.3) is 0 Å². The second-order valence-corrected chi connectivity index (χ2v) is 10.9. The van der Waals surface area contributed by atoms with E-state index in [0.29, 0.717) is 57.8 Å². The third-order valence-electron chi connectivity index (χ3n) is 6.67. The molecular formula is C28H29N3O4S. The second-order valence-electron chi connectivity index (χ2n) is 9.91. The van der Waals surface area contributed by atoms with E-state index in [1.807, 2.05) is 36.4 Å². The molecule has 36 heavy (non-hydrogen) atoms. The van der Waals surface area contributed by atoms with Gasteiger partial charge >= 0.3 is 0 Å². The van der Waals surface area contributed by atoms with Crippen molar-refractivity contribution >= 4 is 23.4 Å². The molecular weight excluding hydrogens is 474 g/mol. The number of allylic oxidation sites excluding steroid dienone is 2. The van der Waals surface area contributed by atoms with Crippen molar-refractivity contribution < 1.29 is 14.3 Å². The maximum absolute atomic E-state index is 13.6. The number of benzene rings is 2. The Morgan fingerprint density at radius 3 is 2.56 bits per heavy atom. The number of nitrogens with zero attached hydrogens (tertiary/aromatic N) is 1. The van der Waals surface area contributed by atoms with Crippen LogP contribution in [0, 0.1) is 5.41 Å². The number of H-pyrrole nitrogens is 1. The van der Waals surface area contributed by atoms with Crippen molar-refractivity contribution in [3.63, 3.8) is 0 Å². The van der Waals surface area contributed by atoms with Crippen molar-refractivity contribution in [2.24, 2.45) is 5.41 Å². The molecule has 2 aliphatic rings. The Bertz CT molecular complexity index is 1410. The Labute approximate surface area is 214 Å². The van der Waals surface area contributed by atoms with Crippen LogP contribution in [0.5, 0.6) is 11.5 Å². The highest BCUT2D eigenvalue weighted by Gasteiger charge is 2.43. The average Bonchev–Trinajstić information content (AvgIpc) is 2.85. The van der Waals surface area contributed by atoms with Crippen molar-refractivity contribution in [1.82, 2.24) is 9.97 Å². The largest absolute Gasteiger partial charge is 0.497 e. The van der Waals surface area contributed by atoms with Gasteiger partial charge in [-0.05, 0) is 35.6 Å². The van der Waals surface area contributed by atoms with Gasteiger partial charge in [0.15, 0.2) is 10.9 Å². The molecule has 3 aromatic rings. The van der Waals surface area contributed by atoms with Gasteiger partial charge in [0.2, 0.25) is 0 Å². The molecule has 7 nitrogen and oxygen atoms in total. The molecule has 2 heterocycles. The van der Waals surface area contributed by atoms with Gasteiger partial charge in [-0.25, -0.2) is 4.98 Å². The Balaban J connectivity index is 1.65. The fraction of sp³-hybridized carbons (Fsp3) is 0.321. The number of anilines is 1. The average molecular weight is 504 g/mol. The standard InChI is InChI=1S/C28H29N3O4S/c1-28(2)13-19-23(20(32)14-28)22(18-12-17(34-3)10-11-21(18)35-4)24-25(29-19)30-27(31-26(24)33)36-15-16-8-6-5-7-9-16/h5-12,22H,13-15H2,1-4H3,(H2,29,30,31,33)/t22-/m1/s1. The summed E-state index contributed by atoms with van der Waals surface area (Å²) in [7, 11) is 3.17. The minimum atomic E-state index is -0.616. The van der Waals surface area contributed by atoms with Crippen LogP contribution in [-0.2, 0) is 10.5 Å². The fourth-order valence-electron chi connectivity index (χ4n) is 5.06. The van der Waals surface area contributed by atoms with Gasteiger partial charge in [-0.1, -0.05) is 55.9 Å². The van der Waals surface area contributed by atoms with E-state index >= 15 is 0 Å². The number of carbonyl (C=O) groups is 1. The van der Waals surface area contributed by atoms with E-state index in [4.69, 9.17) is 14.5 Å². The Morgan fingerprint density at radius 1 is 1.06 bits per heavy atom. The Hall–Kier alpha value is -3.52. The van der Waals surface area contributed by atoms with Crippen molar-refractivity contribution in [2.45, 2.75) is 43.5 Å². The zero-order chi connectivity index (χ0) is 25.4. The number of carbonyl (C=O) groups excluding carboxylic acids is 1. The Kier molecular flexibility index (Phi) is 6.38. The summed E-state index contributed by atoms with van der Waals surface area (Å²) >= 11 is 1.47. The summed E-state index contributed by atoms with van der Waals surface area (Å²) in [5, 5.41) is 3.90. The van der Waals surface area contributed by atoms with E-state index < -0.39 is 5.92 Å². The normalized spacial score (nSPS) is 18.2. The molecule has 0 fully saturated rings.